The summed E-state index contributed by atoms with van der Waals surface area (Å²) < 4.78 is 3.06. The van der Waals surface area contributed by atoms with Crippen molar-refractivity contribution in [1.29, 1.82) is 0 Å². The minimum absolute atomic E-state index is 0.181. The van der Waals surface area contributed by atoms with E-state index in [9.17, 15) is 14.4 Å². The molecule has 0 unspecified atom stereocenters. The predicted octanol–water partition coefficient (Wildman–Crippen LogP) is 2.94. The highest BCUT2D eigenvalue weighted by molar-refractivity contribution is 7.17. The van der Waals surface area contributed by atoms with Crippen LogP contribution < -0.4 is 11.2 Å². The maximum absolute atomic E-state index is 13.2. The van der Waals surface area contributed by atoms with Crippen molar-refractivity contribution in [3.05, 3.63) is 67.1 Å². The van der Waals surface area contributed by atoms with E-state index in [0.29, 0.717) is 28.3 Å². The first-order valence-electron chi connectivity index (χ1n) is 9.28. The minimum atomic E-state index is -0.485. The smallest absolute Gasteiger partial charge is 0.332 e. The standard InChI is InChI=1S/C20H20ClN3O3S/c21-15-7-3-2-6-14(15)12-23-16-8-11-28-18(16)19(26)24(20(23)27)13-17(25)22-9-4-1-5-10-22/h2-3,6-8,11H,1,4-5,9-10,12-13H2. The molecule has 0 saturated carbocycles. The van der Waals surface area contributed by atoms with Crippen molar-refractivity contribution in [1.82, 2.24) is 14.0 Å². The van der Waals surface area contributed by atoms with Gasteiger partial charge in [-0.2, -0.15) is 0 Å². The molecule has 0 radical (unpaired) electrons. The molecular formula is C20H20ClN3O3S. The number of carbonyl (C=O) groups is 1. The van der Waals surface area contributed by atoms with Crippen molar-refractivity contribution in [2.45, 2.75) is 32.4 Å². The lowest BCUT2D eigenvalue weighted by atomic mass is 10.1. The first-order chi connectivity index (χ1) is 13.6. The Labute approximate surface area is 170 Å². The average molecular weight is 418 g/mol. The number of nitrogens with zero attached hydrogens (tertiary/aromatic N) is 3. The van der Waals surface area contributed by atoms with Gasteiger partial charge in [0.25, 0.3) is 5.56 Å². The number of likely N-dealkylation sites (tertiary alicyclic amines) is 1. The summed E-state index contributed by atoms with van der Waals surface area (Å²) in [5.74, 6) is -0.181. The first-order valence-corrected chi connectivity index (χ1v) is 10.5. The fourth-order valence-corrected chi connectivity index (χ4v) is 4.64. The second kappa shape index (κ2) is 7.93. The van der Waals surface area contributed by atoms with Gasteiger partial charge in [0, 0.05) is 18.1 Å². The maximum atomic E-state index is 13.2. The fourth-order valence-electron chi connectivity index (χ4n) is 3.60. The molecule has 3 heterocycles. The lowest BCUT2D eigenvalue weighted by Crippen LogP contribution is -2.45. The Morgan fingerprint density at radius 2 is 1.79 bits per heavy atom. The van der Waals surface area contributed by atoms with Gasteiger partial charge in [-0.25, -0.2) is 9.36 Å². The fraction of sp³-hybridized carbons (Fsp3) is 0.350. The summed E-state index contributed by atoms with van der Waals surface area (Å²) in [6, 6.07) is 9.06. The van der Waals surface area contributed by atoms with Crippen LogP contribution in [0.2, 0.25) is 5.02 Å². The largest absolute Gasteiger partial charge is 0.341 e. The zero-order valence-electron chi connectivity index (χ0n) is 15.3. The van der Waals surface area contributed by atoms with E-state index < -0.39 is 11.2 Å². The van der Waals surface area contributed by atoms with Crippen molar-refractivity contribution in [3.63, 3.8) is 0 Å². The number of benzene rings is 1. The van der Waals surface area contributed by atoms with Gasteiger partial charge in [-0.05, 0) is 42.3 Å². The summed E-state index contributed by atoms with van der Waals surface area (Å²) in [5, 5.41) is 2.34. The lowest BCUT2D eigenvalue weighted by Gasteiger charge is -2.26. The van der Waals surface area contributed by atoms with Gasteiger partial charge < -0.3 is 4.90 Å². The molecule has 0 N–H and O–H groups in total. The molecule has 0 bridgehead atoms. The molecule has 2 aromatic heterocycles. The Morgan fingerprint density at radius 3 is 2.54 bits per heavy atom. The van der Waals surface area contributed by atoms with Gasteiger partial charge in [0.2, 0.25) is 5.91 Å². The van der Waals surface area contributed by atoms with Crippen molar-refractivity contribution in [2.75, 3.05) is 13.1 Å². The normalized spacial score (nSPS) is 14.5. The number of piperidine rings is 1. The molecule has 6 nitrogen and oxygen atoms in total. The monoisotopic (exact) mass is 417 g/mol. The number of carbonyl (C=O) groups excluding carboxylic acids is 1. The molecule has 0 spiro atoms. The Kier molecular flexibility index (Phi) is 5.37. The number of halogens is 1. The Bertz CT molecular complexity index is 1140. The molecule has 1 aliphatic heterocycles. The summed E-state index contributed by atoms with van der Waals surface area (Å²) >= 11 is 7.54. The van der Waals surface area contributed by atoms with Crippen molar-refractivity contribution >= 4 is 39.1 Å². The summed E-state index contributed by atoms with van der Waals surface area (Å²) in [5.41, 5.74) is 0.463. The molecule has 4 rings (SSSR count). The Hall–Kier alpha value is -2.38. The number of aromatic nitrogens is 2. The number of amides is 1. The van der Waals surface area contributed by atoms with E-state index in [-0.39, 0.29) is 19.0 Å². The topological polar surface area (TPSA) is 64.3 Å². The SMILES string of the molecule is O=C(Cn1c(=O)c2sccc2n(Cc2ccccc2Cl)c1=O)N1CCCCC1. The third-order valence-electron chi connectivity index (χ3n) is 5.12. The van der Waals surface area contributed by atoms with E-state index in [2.05, 4.69) is 0 Å². The zero-order valence-corrected chi connectivity index (χ0v) is 16.8. The van der Waals surface area contributed by atoms with E-state index in [4.69, 9.17) is 11.6 Å². The predicted molar refractivity (Wildman–Crippen MR) is 111 cm³/mol. The van der Waals surface area contributed by atoms with Crippen LogP contribution in [0.25, 0.3) is 10.2 Å². The minimum Gasteiger partial charge on any atom is -0.341 e. The third kappa shape index (κ3) is 3.52. The van der Waals surface area contributed by atoms with Crippen LogP contribution in [0, 0.1) is 0 Å². The van der Waals surface area contributed by atoms with Crippen LogP contribution >= 0.6 is 22.9 Å². The molecule has 0 aliphatic carbocycles. The van der Waals surface area contributed by atoms with Crippen molar-refractivity contribution in [3.8, 4) is 0 Å². The summed E-state index contributed by atoms with van der Waals surface area (Å²) in [6.45, 7) is 1.38. The third-order valence-corrected chi connectivity index (χ3v) is 6.39. The number of thiophene rings is 1. The van der Waals surface area contributed by atoms with Crippen LogP contribution in [0.15, 0.2) is 45.3 Å². The number of hydrogen-bond acceptors (Lipinski definition) is 4. The Morgan fingerprint density at radius 1 is 1.04 bits per heavy atom. The number of fused-ring (bicyclic) bond motifs is 1. The summed E-state index contributed by atoms with van der Waals surface area (Å²) in [7, 11) is 0. The molecule has 8 heteroatoms. The van der Waals surface area contributed by atoms with Gasteiger partial charge in [0.1, 0.15) is 11.2 Å². The molecule has 1 aliphatic rings. The number of hydrogen-bond donors (Lipinski definition) is 0. The van der Waals surface area contributed by atoms with Gasteiger partial charge in [0.15, 0.2) is 0 Å². The summed E-state index contributed by atoms with van der Waals surface area (Å²) in [4.78, 5) is 40.4. The van der Waals surface area contributed by atoms with E-state index >= 15 is 0 Å². The van der Waals surface area contributed by atoms with Gasteiger partial charge in [-0.15, -0.1) is 11.3 Å². The second-order valence-corrected chi connectivity index (χ2v) is 8.25. The molecule has 0 atom stereocenters. The lowest BCUT2D eigenvalue weighted by molar-refractivity contribution is -0.132. The second-order valence-electron chi connectivity index (χ2n) is 6.93. The van der Waals surface area contributed by atoms with E-state index in [0.717, 1.165) is 29.4 Å². The molecule has 3 aromatic rings. The molecule has 146 valence electrons. The van der Waals surface area contributed by atoms with Crippen molar-refractivity contribution in [2.24, 2.45) is 0 Å². The highest BCUT2D eigenvalue weighted by atomic mass is 35.5. The molecule has 1 saturated heterocycles. The Balaban J connectivity index is 1.77. The van der Waals surface area contributed by atoms with Crippen LogP contribution in [0.3, 0.4) is 0 Å². The van der Waals surface area contributed by atoms with E-state index in [1.807, 2.05) is 18.2 Å². The van der Waals surface area contributed by atoms with Gasteiger partial charge >= 0.3 is 5.69 Å². The van der Waals surface area contributed by atoms with Crippen LogP contribution in [0.1, 0.15) is 24.8 Å². The van der Waals surface area contributed by atoms with Crippen LogP contribution in [0.5, 0.6) is 0 Å². The highest BCUT2D eigenvalue weighted by Crippen LogP contribution is 2.20. The molecule has 1 aromatic carbocycles. The van der Waals surface area contributed by atoms with E-state index in [1.54, 1.807) is 22.4 Å². The van der Waals surface area contributed by atoms with E-state index in [1.165, 1.54) is 15.9 Å². The quantitative estimate of drug-likeness (QED) is 0.655. The highest BCUT2D eigenvalue weighted by Gasteiger charge is 2.21. The molecule has 28 heavy (non-hydrogen) atoms. The van der Waals surface area contributed by atoms with Crippen LogP contribution in [-0.2, 0) is 17.9 Å². The van der Waals surface area contributed by atoms with Gasteiger partial charge in [0.05, 0.1) is 12.1 Å². The number of rotatable bonds is 4. The summed E-state index contributed by atoms with van der Waals surface area (Å²) in [6.07, 6.45) is 3.03. The van der Waals surface area contributed by atoms with Gasteiger partial charge in [-0.1, -0.05) is 29.8 Å². The molecule has 1 amide bonds. The maximum Gasteiger partial charge on any atom is 0.332 e. The molecule has 1 fully saturated rings. The first kappa shape index (κ1) is 19.0. The van der Waals surface area contributed by atoms with Crippen molar-refractivity contribution < 1.29 is 4.79 Å². The zero-order chi connectivity index (χ0) is 19.7. The van der Waals surface area contributed by atoms with Crippen LogP contribution in [-0.4, -0.2) is 33.0 Å². The van der Waals surface area contributed by atoms with Gasteiger partial charge in [-0.3, -0.25) is 14.2 Å². The average Bonchev–Trinajstić information content (AvgIpc) is 3.20. The molecular weight excluding hydrogens is 398 g/mol. The van der Waals surface area contributed by atoms with Crippen LogP contribution in [0.4, 0.5) is 0 Å².